The quantitative estimate of drug-likeness (QED) is 0.804. The first-order valence-corrected chi connectivity index (χ1v) is 7.48. The Balaban J connectivity index is 0.00000220. The maximum Gasteiger partial charge on any atom is 0.446 e. The second-order valence-electron chi connectivity index (χ2n) is 5.18. The zero-order valence-electron chi connectivity index (χ0n) is 11.3. The van der Waals surface area contributed by atoms with Gasteiger partial charge in [0.15, 0.2) is 0 Å². The normalized spacial score (nSPS) is 19.1. The molecule has 0 amide bonds. The molecule has 1 aromatic carbocycles. The highest BCUT2D eigenvalue weighted by atomic mass is 35.5. The standard InChI is InChI=1S/C14H18F3NOS.ClH/c15-14(16,17)20-11-7-5-9(6-8-11)12(18)13(19)10-3-1-2-4-10;/h5-8,10,12-13,19H,1-4,18H2;1H/t12-,13+;/m1./s1. The first kappa shape index (κ1) is 18.6. The molecule has 2 nitrogen and oxygen atoms in total. The molecule has 1 aromatic rings. The highest BCUT2D eigenvalue weighted by Crippen LogP contribution is 2.37. The van der Waals surface area contributed by atoms with Crippen molar-refractivity contribution in [1.82, 2.24) is 0 Å². The summed E-state index contributed by atoms with van der Waals surface area (Å²) in [6.07, 6.45) is 3.53. The molecule has 21 heavy (non-hydrogen) atoms. The monoisotopic (exact) mass is 341 g/mol. The number of hydrogen-bond donors (Lipinski definition) is 2. The van der Waals surface area contributed by atoms with E-state index in [1.54, 1.807) is 12.1 Å². The molecule has 2 rings (SSSR count). The summed E-state index contributed by atoms with van der Waals surface area (Å²) in [7, 11) is 0. The summed E-state index contributed by atoms with van der Waals surface area (Å²) in [4.78, 5) is 0.129. The van der Waals surface area contributed by atoms with Crippen molar-refractivity contribution in [3.8, 4) is 0 Å². The third kappa shape index (κ3) is 5.36. The smallest absolute Gasteiger partial charge is 0.391 e. The van der Waals surface area contributed by atoms with E-state index in [4.69, 9.17) is 5.73 Å². The van der Waals surface area contributed by atoms with Crippen molar-refractivity contribution >= 4 is 24.2 Å². The van der Waals surface area contributed by atoms with Gasteiger partial charge in [-0.25, -0.2) is 0 Å². The summed E-state index contributed by atoms with van der Waals surface area (Å²) in [5.74, 6) is 0.203. The van der Waals surface area contributed by atoms with E-state index in [0.29, 0.717) is 5.56 Å². The summed E-state index contributed by atoms with van der Waals surface area (Å²) in [6, 6.07) is 5.39. The van der Waals surface area contributed by atoms with Crippen molar-refractivity contribution in [2.75, 3.05) is 0 Å². The van der Waals surface area contributed by atoms with Crippen molar-refractivity contribution < 1.29 is 18.3 Å². The lowest BCUT2D eigenvalue weighted by Crippen LogP contribution is -2.31. The molecule has 0 radical (unpaired) electrons. The predicted molar refractivity (Wildman–Crippen MR) is 80.5 cm³/mol. The van der Waals surface area contributed by atoms with Crippen LogP contribution in [0.3, 0.4) is 0 Å². The average Bonchev–Trinajstić information content (AvgIpc) is 2.90. The minimum absolute atomic E-state index is 0. The van der Waals surface area contributed by atoms with Crippen LogP contribution in [0.15, 0.2) is 29.2 Å². The molecular formula is C14H19ClF3NOS. The fourth-order valence-electron chi connectivity index (χ4n) is 2.68. The third-order valence-electron chi connectivity index (χ3n) is 3.75. The summed E-state index contributed by atoms with van der Waals surface area (Å²) in [5.41, 5.74) is 2.41. The summed E-state index contributed by atoms with van der Waals surface area (Å²) in [5, 5.41) is 10.2. The minimum Gasteiger partial charge on any atom is -0.391 e. The van der Waals surface area contributed by atoms with Gasteiger partial charge in [0.2, 0.25) is 0 Å². The Morgan fingerprint density at radius 2 is 1.67 bits per heavy atom. The number of alkyl halides is 3. The fraction of sp³-hybridized carbons (Fsp3) is 0.571. The van der Waals surface area contributed by atoms with E-state index < -0.39 is 17.7 Å². The summed E-state index contributed by atoms with van der Waals surface area (Å²) in [6.45, 7) is 0. The van der Waals surface area contributed by atoms with Crippen LogP contribution in [0.2, 0.25) is 0 Å². The SMILES string of the molecule is Cl.N[C@H](c1ccc(SC(F)(F)F)cc1)[C@@H](O)C1CCCC1. The van der Waals surface area contributed by atoms with Crippen molar-refractivity contribution in [3.05, 3.63) is 29.8 Å². The molecule has 0 unspecified atom stereocenters. The Hall–Kier alpha value is -0.430. The first-order valence-electron chi connectivity index (χ1n) is 6.66. The lowest BCUT2D eigenvalue weighted by Gasteiger charge is -2.24. The molecule has 120 valence electrons. The van der Waals surface area contributed by atoms with Crippen molar-refractivity contribution in [3.63, 3.8) is 0 Å². The molecule has 3 N–H and O–H groups in total. The average molecular weight is 342 g/mol. The number of rotatable bonds is 4. The maximum atomic E-state index is 12.2. The molecule has 1 fully saturated rings. The predicted octanol–water partition coefficient (Wildman–Crippen LogP) is 4.27. The summed E-state index contributed by atoms with van der Waals surface area (Å²) < 4.78 is 36.7. The molecule has 0 saturated heterocycles. The van der Waals surface area contributed by atoms with E-state index in [-0.39, 0.29) is 35.0 Å². The van der Waals surface area contributed by atoms with E-state index in [0.717, 1.165) is 25.7 Å². The third-order valence-corrected chi connectivity index (χ3v) is 4.49. The van der Waals surface area contributed by atoms with Gasteiger partial charge in [-0.15, -0.1) is 12.4 Å². The van der Waals surface area contributed by atoms with E-state index in [2.05, 4.69) is 0 Å². The van der Waals surface area contributed by atoms with Gasteiger partial charge in [0.25, 0.3) is 0 Å². The molecule has 1 saturated carbocycles. The van der Waals surface area contributed by atoms with Crippen LogP contribution in [-0.4, -0.2) is 16.7 Å². The Bertz CT molecular complexity index is 435. The van der Waals surface area contributed by atoms with E-state index >= 15 is 0 Å². The van der Waals surface area contributed by atoms with Gasteiger partial charge in [-0.05, 0) is 48.2 Å². The van der Waals surface area contributed by atoms with E-state index in [1.165, 1.54) is 12.1 Å². The van der Waals surface area contributed by atoms with Gasteiger partial charge in [0.05, 0.1) is 12.1 Å². The molecular weight excluding hydrogens is 323 g/mol. The van der Waals surface area contributed by atoms with Gasteiger partial charge in [0.1, 0.15) is 0 Å². The Labute approximate surface area is 132 Å². The molecule has 0 aromatic heterocycles. The Morgan fingerprint density at radius 1 is 1.14 bits per heavy atom. The van der Waals surface area contributed by atoms with Crippen molar-refractivity contribution in [2.24, 2.45) is 11.7 Å². The Morgan fingerprint density at radius 3 is 2.14 bits per heavy atom. The van der Waals surface area contributed by atoms with Gasteiger partial charge in [-0.3, -0.25) is 0 Å². The molecule has 1 aliphatic rings. The van der Waals surface area contributed by atoms with Gasteiger partial charge in [0, 0.05) is 4.90 Å². The maximum absolute atomic E-state index is 12.2. The van der Waals surface area contributed by atoms with Crippen molar-refractivity contribution in [2.45, 2.75) is 48.2 Å². The van der Waals surface area contributed by atoms with Crippen LogP contribution < -0.4 is 5.73 Å². The van der Waals surface area contributed by atoms with Crippen LogP contribution in [0.4, 0.5) is 13.2 Å². The molecule has 0 heterocycles. The molecule has 2 atom stereocenters. The zero-order chi connectivity index (χ0) is 14.8. The first-order chi connectivity index (χ1) is 9.37. The summed E-state index contributed by atoms with van der Waals surface area (Å²) >= 11 is -0.148. The molecule has 0 spiro atoms. The van der Waals surface area contributed by atoms with Crippen LogP contribution in [-0.2, 0) is 0 Å². The Kier molecular flexibility index (Phi) is 6.84. The van der Waals surface area contributed by atoms with Crippen LogP contribution in [0.25, 0.3) is 0 Å². The highest BCUT2D eigenvalue weighted by molar-refractivity contribution is 8.00. The second-order valence-corrected chi connectivity index (χ2v) is 6.32. The van der Waals surface area contributed by atoms with Gasteiger partial charge in [-0.1, -0.05) is 25.0 Å². The van der Waals surface area contributed by atoms with Crippen LogP contribution in [0.5, 0.6) is 0 Å². The van der Waals surface area contributed by atoms with E-state index in [1.807, 2.05) is 0 Å². The fourth-order valence-corrected chi connectivity index (χ4v) is 3.22. The second kappa shape index (κ2) is 7.72. The highest BCUT2D eigenvalue weighted by Gasteiger charge is 2.30. The number of halogens is 4. The lowest BCUT2D eigenvalue weighted by molar-refractivity contribution is -0.0328. The largest absolute Gasteiger partial charge is 0.446 e. The molecule has 7 heteroatoms. The number of nitrogens with two attached hydrogens (primary N) is 1. The number of aliphatic hydroxyl groups excluding tert-OH is 1. The number of aliphatic hydroxyl groups is 1. The van der Waals surface area contributed by atoms with Crippen LogP contribution >= 0.6 is 24.2 Å². The molecule has 0 bridgehead atoms. The zero-order valence-corrected chi connectivity index (χ0v) is 13.0. The number of thioether (sulfide) groups is 1. The van der Waals surface area contributed by atoms with Crippen LogP contribution in [0.1, 0.15) is 37.3 Å². The number of hydrogen-bond acceptors (Lipinski definition) is 3. The number of benzene rings is 1. The van der Waals surface area contributed by atoms with Gasteiger partial charge < -0.3 is 10.8 Å². The lowest BCUT2D eigenvalue weighted by atomic mass is 9.91. The van der Waals surface area contributed by atoms with E-state index in [9.17, 15) is 18.3 Å². The minimum atomic E-state index is -4.28. The molecule has 0 aliphatic heterocycles. The van der Waals surface area contributed by atoms with Crippen molar-refractivity contribution in [1.29, 1.82) is 0 Å². The van der Waals surface area contributed by atoms with Gasteiger partial charge in [-0.2, -0.15) is 13.2 Å². The topological polar surface area (TPSA) is 46.2 Å². The van der Waals surface area contributed by atoms with Crippen LogP contribution in [0, 0.1) is 5.92 Å². The molecule has 1 aliphatic carbocycles. The van der Waals surface area contributed by atoms with Gasteiger partial charge >= 0.3 is 5.51 Å².